The van der Waals surface area contributed by atoms with Crippen molar-refractivity contribution in [3.05, 3.63) is 59.2 Å². The molecule has 0 aliphatic rings. The van der Waals surface area contributed by atoms with Crippen molar-refractivity contribution in [1.82, 2.24) is 0 Å². The average Bonchev–Trinajstić information content (AvgIpc) is 2.59. The largest absolute Gasteiger partial charge is 0.508 e. The highest BCUT2D eigenvalue weighted by molar-refractivity contribution is 5.90. The zero-order valence-corrected chi connectivity index (χ0v) is 14.8. The maximum atomic E-state index is 11.7. The number of benzene rings is 2. The molecule has 0 spiro atoms. The Labute approximate surface area is 148 Å². The van der Waals surface area contributed by atoms with Gasteiger partial charge in [0.15, 0.2) is 0 Å². The van der Waals surface area contributed by atoms with Gasteiger partial charge in [0.05, 0.1) is 5.56 Å². The molecule has 1 atom stereocenters. The smallest absolute Gasteiger partial charge is 0.336 e. The Morgan fingerprint density at radius 3 is 2.20 bits per heavy atom. The monoisotopic (exact) mass is 342 g/mol. The summed E-state index contributed by atoms with van der Waals surface area (Å²) in [5.41, 5.74) is 1.24. The second-order valence-electron chi connectivity index (χ2n) is 6.72. The third-order valence-corrected chi connectivity index (χ3v) is 4.86. The van der Waals surface area contributed by atoms with E-state index in [1.807, 2.05) is 19.1 Å². The number of carboxylic acid groups (broad SMARTS) is 1. The number of carbonyl (C=O) groups is 1. The van der Waals surface area contributed by atoms with E-state index in [1.165, 1.54) is 12.1 Å². The summed E-state index contributed by atoms with van der Waals surface area (Å²) in [5.74, 6) is -0.925. The summed E-state index contributed by atoms with van der Waals surface area (Å²) in [6, 6.07) is 11.5. The van der Waals surface area contributed by atoms with Gasteiger partial charge in [-0.1, -0.05) is 57.7 Å². The molecule has 0 saturated carbocycles. The first-order chi connectivity index (χ1) is 11.9. The van der Waals surface area contributed by atoms with Crippen molar-refractivity contribution in [2.45, 2.75) is 51.4 Å². The Balaban J connectivity index is 2.51. The van der Waals surface area contributed by atoms with Gasteiger partial charge in [0.1, 0.15) is 11.5 Å². The number of aromatic carboxylic acids is 1. The van der Waals surface area contributed by atoms with Gasteiger partial charge in [-0.15, -0.1) is 0 Å². The summed E-state index contributed by atoms with van der Waals surface area (Å²) in [5, 5.41) is 28.9. The quantitative estimate of drug-likeness (QED) is 0.585. The SMILES string of the molecule is CCCCCCC(C)(c1ccc(O)cc1)c1ccc(O)cc1C(=O)O. The Morgan fingerprint density at radius 2 is 1.60 bits per heavy atom. The van der Waals surface area contributed by atoms with E-state index in [4.69, 9.17) is 0 Å². The lowest BCUT2D eigenvalue weighted by Crippen LogP contribution is -2.26. The number of phenols is 2. The van der Waals surface area contributed by atoms with E-state index in [2.05, 4.69) is 6.92 Å². The van der Waals surface area contributed by atoms with Gasteiger partial charge < -0.3 is 15.3 Å². The minimum absolute atomic E-state index is 0.0554. The lowest BCUT2D eigenvalue weighted by molar-refractivity contribution is 0.0693. The number of hydrogen-bond acceptors (Lipinski definition) is 3. The number of carboxylic acids is 1. The second kappa shape index (κ2) is 8.06. The van der Waals surface area contributed by atoms with Crippen molar-refractivity contribution in [3.63, 3.8) is 0 Å². The second-order valence-corrected chi connectivity index (χ2v) is 6.72. The molecule has 0 fully saturated rings. The van der Waals surface area contributed by atoms with Crippen molar-refractivity contribution in [3.8, 4) is 11.5 Å². The highest BCUT2D eigenvalue weighted by atomic mass is 16.4. The first-order valence-corrected chi connectivity index (χ1v) is 8.75. The van der Waals surface area contributed by atoms with Crippen LogP contribution in [-0.4, -0.2) is 21.3 Å². The van der Waals surface area contributed by atoms with Crippen LogP contribution in [0.3, 0.4) is 0 Å². The molecule has 0 heterocycles. The minimum Gasteiger partial charge on any atom is -0.508 e. The summed E-state index contributed by atoms with van der Waals surface area (Å²) in [6.45, 7) is 4.19. The predicted molar refractivity (Wildman–Crippen MR) is 98.4 cm³/mol. The highest BCUT2D eigenvalue weighted by Crippen LogP contribution is 2.40. The van der Waals surface area contributed by atoms with Crippen LogP contribution in [0.4, 0.5) is 0 Å². The van der Waals surface area contributed by atoms with Crippen LogP contribution < -0.4 is 0 Å². The summed E-state index contributed by atoms with van der Waals surface area (Å²) < 4.78 is 0. The number of hydrogen-bond donors (Lipinski definition) is 3. The number of rotatable bonds is 8. The van der Waals surface area contributed by atoms with Gasteiger partial charge in [-0.25, -0.2) is 4.79 Å². The van der Waals surface area contributed by atoms with Crippen molar-refractivity contribution in [2.75, 3.05) is 0 Å². The predicted octanol–water partition coefficient (Wildman–Crippen LogP) is 5.07. The molecule has 2 aromatic carbocycles. The number of unbranched alkanes of at least 4 members (excludes halogenated alkanes) is 3. The number of aromatic hydroxyl groups is 2. The molecule has 0 radical (unpaired) electrons. The van der Waals surface area contributed by atoms with E-state index >= 15 is 0 Å². The van der Waals surface area contributed by atoms with Gasteiger partial charge in [0, 0.05) is 5.41 Å². The van der Waals surface area contributed by atoms with Crippen LogP contribution >= 0.6 is 0 Å². The van der Waals surface area contributed by atoms with Gasteiger partial charge in [0.25, 0.3) is 0 Å². The molecule has 0 aromatic heterocycles. The molecule has 0 aliphatic heterocycles. The van der Waals surface area contributed by atoms with Gasteiger partial charge in [-0.2, -0.15) is 0 Å². The average molecular weight is 342 g/mol. The Kier molecular flexibility index (Phi) is 6.07. The maximum absolute atomic E-state index is 11.7. The van der Waals surface area contributed by atoms with Crippen molar-refractivity contribution < 1.29 is 20.1 Å². The van der Waals surface area contributed by atoms with Crippen molar-refractivity contribution in [1.29, 1.82) is 0 Å². The van der Waals surface area contributed by atoms with Gasteiger partial charge in [-0.3, -0.25) is 0 Å². The molecular formula is C21H26O4. The summed E-state index contributed by atoms with van der Waals surface area (Å²) >= 11 is 0. The zero-order valence-electron chi connectivity index (χ0n) is 14.8. The molecule has 2 rings (SSSR count). The van der Waals surface area contributed by atoms with Crippen molar-refractivity contribution in [2.24, 2.45) is 0 Å². The summed E-state index contributed by atoms with van der Waals surface area (Å²) in [4.78, 5) is 11.7. The van der Waals surface area contributed by atoms with E-state index in [9.17, 15) is 20.1 Å². The fourth-order valence-electron chi connectivity index (χ4n) is 3.36. The fourth-order valence-corrected chi connectivity index (χ4v) is 3.36. The normalized spacial score (nSPS) is 13.4. The Hall–Kier alpha value is -2.49. The third kappa shape index (κ3) is 4.32. The van der Waals surface area contributed by atoms with Crippen LogP contribution in [0.5, 0.6) is 11.5 Å². The fraction of sp³-hybridized carbons (Fsp3) is 0.381. The molecule has 25 heavy (non-hydrogen) atoms. The standard InChI is InChI=1S/C21H26O4/c1-3-4-5-6-13-21(2,15-7-9-16(22)10-8-15)19-12-11-17(23)14-18(19)20(24)25/h7-12,14,22-23H,3-6,13H2,1-2H3,(H,24,25). The molecule has 134 valence electrons. The molecule has 4 heteroatoms. The van der Waals surface area contributed by atoms with Crippen LogP contribution in [0, 0.1) is 0 Å². The van der Waals surface area contributed by atoms with E-state index in [-0.39, 0.29) is 17.1 Å². The number of phenolic OH excluding ortho intramolecular Hbond substituents is 2. The van der Waals surface area contributed by atoms with Crippen LogP contribution in [0.2, 0.25) is 0 Å². The molecule has 0 bridgehead atoms. The molecule has 2 aromatic rings. The minimum atomic E-state index is -1.05. The lowest BCUT2D eigenvalue weighted by Gasteiger charge is -2.32. The lowest BCUT2D eigenvalue weighted by atomic mass is 9.71. The Morgan fingerprint density at radius 1 is 0.960 bits per heavy atom. The summed E-state index contributed by atoms with van der Waals surface area (Å²) in [6.07, 6.45) is 5.14. The first kappa shape index (κ1) is 18.8. The van der Waals surface area contributed by atoms with Crippen LogP contribution in [0.1, 0.15) is 67.4 Å². The highest BCUT2D eigenvalue weighted by Gasteiger charge is 2.32. The third-order valence-electron chi connectivity index (χ3n) is 4.86. The van der Waals surface area contributed by atoms with Gasteiger partial charge in [-0.05, 0) is 41.8 Å². The molecular weight excluding hydrogens is 316 g/mol. The van der Waals surface area contributed by atoms with Gasteiger partial charge >= 0.3 is 5.97 Å². The first-order valence-electron chi connectivity index (χ1n) is 8.75. The van der Waals surface area contributed by atoms with E-state index in [0.717, 1.165) is 37.7 Å². The van der Waals surface area contributed by atoms with Crippen LogP contribution in [0.15, 0.2) is 42.5 Å². The maximum Gasteiger partial charge on any atom is 0.336 e. The van der Waals surface area contributed by atoms with Crippen molar-refractivity contribution >= 4 is 5.97 Å². The van der Waals surface area contributed by atoms with Crippen LogP contribution in [-0.2, 0) is 5.41 Å². The molecule has 1 unspecified atom stereocenters. The summed E-state index contributed by atoms with van der Waals surface area (Å²) in [7, 11) is 0. The topological polar surface area (TPSA) is 77.8 Å². The molecule has 3 N–H and O–H groups in total. The molecule has 4 nitrogen and oxygen atoms in total. The molecule has 0 saturated heterocycles. The van der Waals surface area contributed by atoms with Gasteiger partial charge in [0.2, 0.25) is 0 Å². The zero-order chi connectivity index (χ0) is 18.4. The molecule has 0 aliphatic carbocycles. The molecule has 0 amide bonds. The van der Waals surface area contributed by atoms with E-state index < -0.39 is 11.4 Å². The Bertz CT molecular complexity index is 721. The van der Waals surface area contributed by atoms with E-state index in [0.29, 0.717) is 5.56 Å². The van der Waals surface area contributed by atoms with Crippen LogP contribution in [0.25, 0.3) is 0 Å². The van der Waals surface area contributed by atoms with E-state index in [1.54, 1.807) is 18.2 Å².